The van der Waals surface area contributed by atoms with Crippen LogP contribution in [-0.4, -0.2) is 19.7 Å². The average Bonchev–Trinajstić information content (AvgIpc) is 2.61. The zero-order valence-corrected chi connectivity index (χ0v) is 9.08. The van der Waals surface area contributed by atoms with Crippen molar-refractivity contribution in [1.29, 1.82) is 0 Å². The largest absolute Gasteiger partial charge is 0.493 e. The number of carbonyl (C=O) groups is 1. The van der Waals surface area contributed by atoms with Gasteiger partial charge in [0.05, 0.1) is 20.1 Å². The minimum absolute atomic E-state index is 0.0612. The lowest BCUT2D eigenvalue weighted by atomic mass is 9.98. The summed E-state index contributed by atoms with van der Waals surface area (Å²) in [7, 11) is 1.39. The molecule has 0 fully saturated rings. The van der Waals surface area contributed by atoms with Crippen molar-refractivity contribution in [2.45, 2.75) is 12.3 Å². The van der Waals surface area contributed by atoms with Crippen LogP contribution in [0.25, 0.3) is 0 Å². The molecular formula is C11H11ClO3. The second kappa shape index (κ2) is 4.11. The summed E-state index contributed by atoms with van der Waals surface area (Å²) in [5.41, 5.74) is 0.993. The zero-order valence-electron chi connectivity index (χ0n) is 8.33. The van der Waals surface area contributed by atoms with Gasteiger partial charge < -0.3 is 9.47 Å². The smallest absolute Gasteiger partial charge is 0.306 e. The van der Waals surface area contributed by atoms with Crippen LogP contribution in [0.3, 0.4) is 0 Å². The molecule has 1 aliphatic rings. The Balaban J connectivity index is 2.20. The Hall–Kier alpha value is -1.22. The van der Waals surface area contributed by atoms with E-state index >= 15 is 0 Å². The summed E-state index contributed by atoms with van der Waals surface area (Å²) in [4.78, 5) is 11.2. The van der Waals surface area contributed by atoms with Gasteiger partial charge in [0.15, 0.2) is 0 Å². The first-order valence-electron chi connectivity index (χ1n) is 4.70. The van der Waals surface area contributed by atoms with Crippen molar-refractivity contribution in [2.75, 3.05) is 13.7 Å². The number of hydrogen-bond acceptors (Lipinski definition) is 3. The second-order valence-electron chi connectivity index (χ2n) is 3.47. The molecule has 15 heavy (non-hydrogen) atoms. The van der Waals surface area contributed by atoms with Crippen LogP contribution in [0.5, 0.6) is 5.75 Å². The van der Waals surface area contributed by atoms with Gasteiger partial charge in [-0.15, -0.1) is 0 Å². The van der Waals surface area contributed by atoms with Gasteiger partial charge in [0.25, 0.3) is 0 Å². The van der Waals surface area contributed by atoms with E-state index < -0.39 is 0 Å². The van der Waals surface area contributed by atoms with Crippen molar-refractivity contribution in [3.05, 3.63) is 28.8 Å². The highest BCUT2D eigenvalue weighted by atomic mass is 35.5. The summed E-state index contributed by atoms with van der Waals surface area (Å²) in [6, 6.07) is 5.45. The van der Waals surface area contributed by atoms with Gasteiger partial charge in [-0.3, -0.25) is 4.79 Å². The SMILES string of the molecule is COC(=O)C[C@@H]1COc2ccc(Cl)cc21. The molecule has 0 bridgehead atoms. The number of rotatable bonds is 2. The Bertz CT molecular complexity index is 389. The minimum Gasteiger partial charge on any atom is -0.493 e. The quantitative estimate of drug-likeness (QED) is 0.727. The van der Waals surface area contributed by atoms with E-state index in [0.29, 0.717) is 18.1 Å². The summed E-state index contributed by atoms with van der Waals surface area (Å²) in [6.45, 7) is 0.519. The first kappa shape index (κ1) is 10.3. The second-order valence-corrected chi connectivity index (χ2v) is 3.91. The molecule has 80 valence electrons. The Morgan fingerprint density at radius 1 is 1.67 bits per heavy atom. The third kappa shape index (κ3) is 2.07. The topological polar surface area (TPSA) is 35.5 Å². The number of methoxy groups -OCH3 is 1. The lowest BCUT2D eigenvalue weighted by Crippen LogP contribution is -2.09. The van der Waals surface area contributed by atoms with Gasteiger partial charge in [0.1, 0.15) is 5.75 Å². The molecule has 0 radical (unpaired) electrons. The van der Waals surface area contributed by atoms with E-state index in [1.807, 2.05) is 12.1 Å². The third-order valence-electron chi connectivity index (χ3n) is 2.49. The van der Waals surface area contributed by atoms with Gasteiger partial charge in [-0.1, -0.05) is 11.6 Å². The van der Waals surface area contributed by atoms with Crippen LogP contribution < -0.4 is 4.74 Å². The number of hydrogen-bond donors (Lipinski definition) is 0. The fraction of sp³-hybridized carbons (Fsp3) is 0.364. The number of carbonyl (C=O) groups excluding carboxylic acids is 1. The maximum Gasteiger partial charge on any atom is 0.306 e. The molecule has 1 aromatic rings. The molecule has 0 spiro atoms. The van der Waals surface area contributed by atoms with Gasteiger partial charge in [-0.2, -0.15) is 0 Å². The summed E-state index contributed by atoms with van der Waals surface area (Å²) in [5, 5.41) is 0.661. The summed E-state index contributed by atoms with van der Waals surface area (Å²) in [6.07, 6.45) is 0.337. The van der Waals surface area contributed by atoms with Crippen molar-refractivity contribution in [2.24, 2.45) is 0 Å². The lowest BCUT2D eigenvalue weighted by Gasteiger charge is -2.06. The van der Waals surface area contributed by atoms with E-state index in [1.165, 1.54) is 7.11 Å². The molecule has 0 unspecified atom stereocenters. The highest BCUT2D eigenvalue weighted by Gasteiger charge is 2.26. The number of ether oxygens (including phenoxy) is 2. The minimum atomic E-state index is -0.226. The van der Waals surface area contributed by atoms with Crippen molar-refractivity contribution in [1.82, 2.24) is 0 Å². The van der Waals surface area contributed by atoms with Crippen LogP contribution in [0.2, 0.25) is 5.02 Å². The maximum atomic E-state index is 11.2. The van der Waals surface area contributed by atoms with Gasteiger partial charge in [-0.05, 0) is 18.2 Å². The molecule has 0 aliphatic carbocycles. The molecule has 3 nitrogen and oxygen atoms in total. The fourth-order valence-electron chi connectivity index (χ4n) is 1.70. The van der Waals surface area contributed by atoms with E-state index in [1.54, 1.807) is 6.07 Å². The van der Waals surface area contributed by atoms with Crippen molar-refractivity contribution in [3.8, 4) is 5.75 Å². The highest BCUT2D eigenvalue weighted by molar-refractivity contribution is 6.30. The molecular weight excluding hydrogens is 216 g/mol. The van der Waals surface area contributed by atoms with E-state index in [9.17, 15) is 4.79 Å². The Morgan fingerprint density at radius 2 is 2.47 bits per heavy atom. The monoisotopic (exact) mass is 226 g/mol. The Kier molecular flexibility index (Phi) is 2.82. The zero-order chi connectivity index (χ0) is 10.8. The maximum absolute atomic E-state index is 11.2. The van der Waals surface area contributed by atoms with E-state index in [0.717, 1.165) is 11.3 Å². The molecule has 0 aromatic heterocycles. The van der Waals surface area contributed by atoms with Crippen molar-refractivity contribution >= 4 is 17.6 Å². The van der Waals surface area contributed by atoms with Crippen LogP contribution >= 0.6 is 11.6 Å². The van der Waals surface area contributed by atoms with E-state index in [2.05, 4.69) is 4.74 Å². The number of benzene rings is 1. The van der Waals surface area contributed by atoms with Crippen LogP contribution in [0.4, 0.5) is 0 Å². The Morgan fingerprint density at radius 3 is 3.20 bits per heavy atom. The summed E-state index contributed by atoms with van der Waals surface area (Å²) in [5.74, 6) is 0.649. The fourth-order valence-corrected chi connectivity index (χ4v) is 1.88. The van der Waals surface area contributed by atoms with Gasteiger partial charge in [0, 0.05) is 16.5 Å². The molecule has 1 heterocycles. The van der Waals surface area contributed by atoms with E-state index in [4.69, 9.17) is 16.3 Å². The van der Waals surface area contributed by atoms with Crippen molar-refractivity contribution in [3.63, 3.8) is 0 Å². The normalized spacial score (nSPS) is 18.1. The van der Waals surface area contributed by atoms with Crippen LogP contribution in [0.15, 0.2) is 18.2 Å². The van der Waals surface area contributed by atoms with Crippen LogP contribution in [-0.2, 0) is 9.53 Å². The molecule has 1 atom stereocenters. The number of halogens is 1. The number of esters is 1. The van der Waals surface area contributed by atoms with Gasteiger partial charge in [0.2, 0.25) is 0 Å². The average molecular weight is 227 g/mol. The first-order chi connectivity index (χ1) is 7.20. The van der Waals surface area contributed by atoms with Crippen LogP contribution in [0, 0.1) is 0 Å². The van der Waals surface area contributed by atoms with Gasteiger partial charge >= 0.3 is 5.97 Å². The predicted molar refractivity (Wildman–Crippen MR) is 56.3 cm³/mol. The molecule has 0 amide bonds. The van der Waals surface area contributed by atoms with E-state index in [-0.39, 0.29) is 11.9 Å². The lowest BCUT2D eigenvalue weighted by molar-refractivity contribution is -0.141. The molecule has 0 saturated heterocycles. The molecule has 2 rings (SSSR count). The summed E-state index contributed by atoms with van der Waals surface area (Å²) < 4.78 is 10.1. The summed E-state index contributed by atoms with van der Waals surface area (Å²) >= 11 is 5.89. The molecule has 1 aliphatic heterocycles. The van der Waals surface area contributed by atoms with Crippen LogP contribution in [0.1, 0.15) is 17.9 Å². The standard InChI is InChI=1S/C11H11ClO3/c1-14-11(13)4-7-6-15-10-3-2-8(12)5-9(7)10/h2-3,5,7H,4,6H2,1H3/t7-/m1/s1. The van der Waals surface area contributed by atoms with Crippen molar-refractivity contribution < 1.29 is 14.3 Å². The predicted octanol–water partition coefficient (Wildman–Crippen LogP) is 2.38. The first-order valence-corrected chi connectivity index (χ1v) is 5.07. The Labute approximate surface area is 92.9 Å². The molecule has 0 N–H and O–H groups in total. The third-order valence-corrected chi connectivity index (χ3v) is 2.73. The molecule has 4 heteroatoms. The number of fused-ring (bicyclic) bond motifs is 1. The van der Waals surface area contributed by atoms with Gasteiger partial charge in [-0.25, -0.2) is 0 Å². The molecule has 1 aromatic carbocycles. The highest BCUT2D eigenvalue weighted by Crippen LogP contribution is 2.37. The molecule has 0 saturated carbocycles.